The van der Waals surface area contributed by atoms with Crippen LogP contribution < -0.4 is 19.1 Å². The molecule has 0 spiro atoms. The normalized spacial score (nSPS) is 11.9. The lowest BCUT2D eigenvalue weighted by atomic mass is 10.1. The minimum Gasteiger partial charge on any atom is -0.493 e. The fraction of sp³-hybridized carbons (Fsp3) is 0.333. The largest absolute Gasteiger partial charge is 0.493 e. The molecule has 2 amide bonds. The van der Waals surface area contributed by atoms with E-state index in [2.05, 4.69) is 5.32 Å². The second kappa shape index (κ2) is 13.5. The summed E-state index contributed by atoms with van der Waals surface area (Å²) in [4.78, 5) is 28.0. The van der Waals surface area contributed by atoms with Gasteiger partial charge in [0.25, 0.3) is 10.0 Å². The minimum absolute atomic E-state index is 0.0257. The smallest absolute Gasteiger partial charge is 0.264 e. The summed E-state index contributed by atoms with van der Waals surface area (Å²) in [6, 6.07) is 14.1. The van der Waals surface area contributed by atoms with Crippen LogP contribution in [0.1, 0.15) is 30.0 Å². The molecule has 0 saturated carbocycles. The number of amides is 2. The summed E-state index contributed by atoms with van der Waals surface area (Å²) >= 11 is 0. The molecule has 0 aromatic heterocycles. The van der Waals surface area contributed by atoms with Gasteiger partial charge in [-0.05, 0) is 73.4 Å². The number of halogens is 1. The molecule has 0 bridgehead atoms. The van der Waals surface area contributed by atoms with Gasteiger partial charge in [-0.3, -0.25) is 13.9 Å². The Morgan fingerprint density at radius 3 is 2.07 bits per heavy atom. The van der Waals surface area contributed by atoms with Crippen molar-refractivity contribution in [2.75, 3.05) is 32.1 Å². The number of hydrogen-bond acceptors (Lipinski definition) is 6. The minimum atomic E-state index is -4.31. The van der Waals surface area contributed by atoms with E-state index < -0.39 is 40.2 Å². The van der Waals surface area contributed by atoms with E-state index >= 15 is 0 Å². The van der Waals surface area contributed by atoms with Crippen molar-refractivity contribution < 1.29 is 31.9 Å². The van der Waals surface area contributed by atoms with Crippen molar-refractivity contribution in [3.8, 4) is 11.5 Å². The Bertz CT molecular complexity index is 1470. The number of carbonyl (C=O) groups excluding carboxylic acids is 2. The molecule has 0 radical (unpaired) electrons. The van der Waals surface area contributed by atoms with E-state index in [0.717, 1.165) is 15.4 Å². The number of aryl methyl sites for hydroxylation is 2. The van der Waals surface area contributed by atoms with Crippen LogP contribution in [0.4, 0.5) is 10.1 Å². The maximum Gasteiger partial charge on any atom is 0.264 e. The third-order valence-corrected chi connectivity index (χ3v) is 8.38. The number of carbonyl (C=O) groups is 2. The van der Waals surface area contributed by atoms with Crippen LogP contribution in [0.3, 0.4) is 0 Å². The monoisotopic (exact) mass is 585 g/mol. The first kappa shape index (κ1) is 31.4. The Morgan fingerprint density at radius 1 is 0.927 bits per heavy atom. The first-order valence-electron chi connectivity index (χ1n) is 13.0. The van der Waals surface area contributed by atoms with Crippen molar-refractivity contribution >= 4 is 27.5 Å². The zero-order valence-electron chi connectivity index (χ0n) is 24.1. The van der Waals surface area contributed by atoms with E-state index in [9.17, 15) is 22.4 Å². The molecule has 3 rings (SSSR count). The highest BCUT2D eigenvalue weighted by atomic mass is 32.2. The number of anilines is 1. The van der Waals surface area contributed by atoms with Crippen LogP contribution in [0, 0.1) is 19.7 Å². The van der Waals surface area contributed by atoms with Crippen LogP contribution >= 0.6 is 0 Å². The molecule has 0 aliphatic heterocycles. The average molecular weight is 586 g/mol. The Balaban J connectivity index is 2.13. The van der Waals surface area contributed by atoms with Crippen LogP contribution in [0.5, 0.6) is 11.5 Å². The van der Waals surface area contributed by atoms with Gasteiger partial charge in [-0.25, -0.2) is 12.8 Å². The molecular weight excluding hydrogens is 549 g/mol. The van der Waals surface area contributed by atoms with Crippen molar-refractivity contribution in [3.05, 3.63) is 83.2 Å². The Kier molecular flexibility index (Phi) is 10.3. The van der Waals surface area contributed by atoms with E-state index in [0.29, 0.717) is 17.0 Å². The van der Waals surface area contributed by atoms with Gasteiger partial charge in [0.2, 0.25) is 11.8 Å². The molecule has 41 heavy (non-hydrogen) atoms. The molecule has 3 aromatic carbocycles. The van der Waals surface area contributed by atoms with Gasteiger partial charge in [-0.2, -0.15) is 0 Å². The molecule has 0 saturated heterocycles. The molecule has 0 aliphatic rings. The summed E-state index contributed by atoms with van der Waals surface area (Å²) in [6.45, 7) is 4.81. The fourth-order valence-corrected chi connectivity index (χ4v) is 6.01. The molecule has 220 valence electrons. The second-order valence-electron chi connectivity index (χ2n) is 9.56. The Morgan fingerprint density at radius 2 is 1.54 bits per heavy atom. The molecule has 1 N–H and O–H groups in total. The summed E-state index contributed by atoms with van der Waals surface area (Å²) < 4.78 is 53.5. The number of benzene rings is 3. The molecule has 3 aromatic rings. The number of nitrogens with one attached hydrogen (secondary N) is 1. The van der Waals surface area contributed by atoms with Gasteiger partial charge >= 0.3 is 0 Å². The lowest BCUT2D eigenvalue weighted by molar-refractivity contribution is -0.140. The number of rotatable bonds is 12. The number of ether oxygens (including phenoxy) is 2. The van der Waals surface area contributed by atoms with Crippen molar-refractivity contribution in [1.29, 1.82) is 0 Å². The van der Waals surface area contributed by atoms with E-state index in [4.69, 9.17) is 9.47 Å². The van der Waals surface area contributed by atoms with Gasteiger partial charge in [0.15, 0.2) is 11.5 Å². The van der Waals surface area contributed by atoms with Crippen LogP contribution in [0.2, 0.25) is 0 Å². The van der Waals surface area contributed by atoms with E-state index in [-0.39, 0.29) is 23.6 Å². The van der Waals surface area contributed by atoms with Crippen LogP contribution in [-0.2, 0) is 26.2 Å². The number of methoxy groups -OCH3 is 2. The van der Waals surface area contributed by atoms with Crippen molar-refractivity contribution in [2.24, 2.45) is 0 Å². The van der Waals surface area contributed by atoms with Gasteiger partial charge in [-0.15, -0.1) is 0 Å². The fourth-order valence-electron chi connectivity index (χ4n) is 4.60. The maximum atomic E-state index is 14.1. The molecule has 0 aliphatic carbocycles. The van der Waals surface area contributed by atoms with Gasteiger partial charge in [-0.1, -0.05) is 25.1 Å². The SMILES string of the molecule is CCC(C(=O)NC)N(Cc1ccc(F)cc1)C(=O)CN(c1cc(C)cc(C)c1)S(=O)(=O)c1ccc(OC)c(OC)c1. The summed E-state index contributed by atoms with van der Waals surface area (Å²) in [5.74, 6) is -0.880. The predicted octanol–water partition coefficient (Wildman–Crippen LogP) is 4.21. The number of nitrogens with zero attached hydrogens (tertiary/aromatic N) is 2. The lowest BCUT2D eigenvalue weighted by Gasteiger charge is -2.33. The molecule has 0 heterocycles. The molecule has 1 unspecified atom stereocenters. The zero-order chi connectivity index (χ0) is 30.3. The molecule has 11 heteroatoms. The van der Waals surface area contributed by atoms with E-state index in [1.807, 2.05) is 19.9 Å². The van der Waals surface area contributed by atoms with Crippen molar-refractivity contribution in [2.45, 2.75) is 44.7 Å². The third-order valence-electron chi connectivity index (χ3n) is 6.61. The number of likely N-dealkylation sites (N-methyl/N-ethyl adjacent to an activating group) is 1. The first-order chi connectivity index (χ1) is 19.4. The zero-order valence-corrected chi connectivity index (χ0v) is 24.9. The molecule has 0 fully saturated rings. The van der Waals surface area contributed by atoms with Gasteiger partial charge < -0.3 is 19.7 Å². The van der Waals surface area contributed by atoms with Gasteiger partial charge in [0.05, 0.1) is 24.8 Å². The summed E-state index contributed by atoms with van der Waals surface area (Å²) in [5.41, 5.74) is 2.49. The van der Waals surface area contributed by atoms with E-state index in [1.165, 1.54) is 68.6 Å². The van der Waals surface area contributed by atoms with Crippen LogP contribution in [0.25, 0.3) is 0 Å². The summed E-state index contributed by atoms with van der Waals surface area (Å²) in [7, 11) is -0.000669. The summed E-state index contributed by atoms with van der Waals surface area (Å²) in [6.07, 6.45) is 0.276. The maximum absolute atomic E-state index is 14.1. The second-order valence-corrected chi connectivity index (χ2v) is 11.4. The van der Waals surface area contributed by atoms with E-state index in [1.54, 1.807) is 19.1 Å². The highest BCUT2D eigenvalue weighted by Crippen LogP contribution is 2.33. The third kappa shape index (κ3) is 7.35. The quantitative estimate of drug-likeness (QED) is 0.342. The van der Waals surface area contributed by atoms with Crippen LogP contribution in [0.15, 0.2) is 65.6 Å². The Hall–Kier alpha value is -4.12. The van der Waals surface area contributed by atoms with Crippen molar-refractivity contribution in [3.63, 3.8) is 0 Å². The highest BCUT2D eigenvalue weighted by molar-refractivity contribution is 7.92. The van der Waals surface area contributed by atoms with Crippen molar-refractivity contribution in [1.82, 2.24) is 10.2 Å². The number of hydrogen-bond donors (Lipinski definition) is 1. The molecule has 1 atom stereocenters. The average Bonchev–Trinajstić information content (AvgIpc) is 2.95. The number of sulfonamides is 1. The molecule has 9 nitrogen and oxygen atoms in total. The summed E-state index contributed by atoms with van der Waals surface area (Å²) in [5, 5.41) is 2.58. The molecular formula is C30H36FN3O6S. The van der Waals surface area contributed by atoms with Gasteiger partial charge in [0.1, 0.15) is 18.4 Å². The predicted molar refractivity (Wildman–Crippen MR) is 155 cm³/mol. The highest BCUT2D eigenvalue weighted by Gasteiger charge is 2.34. The Labute approximate surface area is 240 Å². The topological polar surface area (TPSA) is 105 Å². The standard InChI is InChI=1S/C30H36FN3O6S/c1-7-26(30(36)32-4)33(18-22-8-10-23(31)11-9-22)29(35)19-34(24-15-20(2)14-21(3)16-24)41(37,38)25-12-13-27(39-5)28(17-25)40-6/h8-17,26H,7,18-19H2,1-6H3,(H,32,36). The van der Waals surface area contributed by atoms with Gasteiger partial charge in [0, 0.05) is 19.7 Å². The lowest BCUT2D eigenvalue weighted by Crippen LogP contribution is -2.51. The van der Waals surface area contributed by atoms with Crippen LogP contribution in [-0.4, -0.2) is 59.0 Å². The first-order valence-corrected chi connectivity index (χ1v) is 14.5.